The van der Waals surface area contributed by atoms with E-state index in [-0.39, 0.29) is 0 Å². The van der Waals surface area contributed by atoms with Crippen molar-refractivity contribution in [2.45, 2.75) is 38.4 Å². The average Bonchev–Trinajstić information content (AvgIpc) is 3.21. The second-order valence-electron chi connectivity index (χ2n) is 6.09. The molecule has 1 aromatic rings. The lowest BCUT2D eigenvalue weighted by atomic mass is 10.1. The molecule has 3 nitrogen and oxygen atoms in total. The summed E-state index contributed by atoms with van der Waals surface area (Å²) in [7, 11) is 2.22. The molecule has 0 bridgehead atoms. The first kappa shape index (κ1) is 12.9. The number of benzene rings is 1. The molecule has 3 rings (SSSR count). The van der Waals surface area contributed by atoms with Gasteiger partial charge in [0.05, 0.1) is 0 Å². The van der Waals surface area contributed by atoms with Gasteiger partial charge in [0.15, 0.2) is 0 Å². The zero-order valence-electron chi connectivity index (χ0n) is 12.1. The molecule has 1 aliphatic carbocycles. The summed E-state index contributed by atoms with van der Waals surface area (Å²) in [4.78, 5) is 5.00. The van der Waals surface area contributed by atoms with Gasteiger partial charge in [-0.3, -0.25) is 0 Å². The Balaban J connectivity index is 1.74. The molecule has 1 aliphatic heterocycles. The van der Waals surface area contributed by atoms with Gasteiger partial charge in [-0.2, -0.15) is 0 Å². The fourth-order valence-corrected chi connectivity index (χ4v) is 2.98. The topological polar surface area (TPSA) is 18.5 Å². The third kappa shape index (κ3) is 3.10. The van der Waals surface area contributed by atoms with Gasteiger partial charge in [0.25, 0.3) is 0 Å². The highest BCUT2D eigenvalue weighted by molar-refractivity contribution is 5.54. The molecule has 104 valence electrons. The predicted octanol–water partition coefficient (Wildman–Crippen LogP) is 2.08. The third-order valence-corrected chi connectivity index (χ3v) is 4.29. The molecule has 1 saturated carbocycles. The van der Waals surface area contributed by atoms with Gasteiger partial charge in [0, 0.05) is 44.0 Å². The molecule has 1 N–H and O–H groups in total. The van der Waals surface area contributed by atoms with E-state index in [0.29, 0.717) is 6.04 Å². The monoisotopic (exact) mass is 259 g/mol. The molecule has 3 heteroatoms. The largest absolute Gasteiger partial charge is 0.366 e. The molecule has 19 heavy (non-hydrogen) atoms. The van der Waals surface area contributed by atoms with Crippen LogP contribution in [0.5, 0.6) is 0 Å². The standard InChI is InChI=1S/C16H25N3/c1-13-12-18(2)9-10-19(13)16-6-4-3-5-14(16)11-17-15-7-8-15/h3-6,13,15,17H,7-12H2,1-2H3. The molecule has 0 spiro atoms. The van der Waals surface area contributed by atoms with E-state index in [2.05, 4.69) is 53.4 Å². The number of nitrogens with zero attached hydrogens (tertiary/aromatic N) is 2. The fraction of sp³-hybridized carbons (Fsp3) is 0.625. The lowest BCUT2D eigenvalue weighted by molar-refractivity contribution is 0.275. The Bertz CT molecular complexity index is 428. The van der Waals surface area contributed by atoms with Gasteiger partial charge < -0.3 is 15.1 Å². The zero-order chi connectivity index (χ0) is 13.2. The smallest absolute Gasteiger partial charge is 0.0415 e. The number of para-hydroxylation sites is 1. The van der Waals surface area contributed by atoms with Crippen molar-refractivity contribution in [1.29, 1.82) is 0 Å². The van der Waals surface area contributed by atoms with Crippen LogP contribution in [0.4, 0.5) is 5.69 Å². The van der Waals surface area contributed by atoms with E-state index < -0.39 is 0 Å². The Kier molecular flexibility index (Phi) is 3.76. The minimum atomic E-state index is 0.598. The number of likely N-dealkylation sites (N-methyl/N-ethyl adjacent to an activating group) is 1. The van der Waals surface area contributed by atoms with Crippen molar-refractivity contribution in [3.8, 4) is 0 Å². The first-order valence-corrected chi connectivity index (χ1v) is 7.50. The number of anilines is 1. The maximum atomic E-state index is 3.64. The summed E-state index contributed by atoms with van der Waals surface area (Å²) >= 11 is 0. The quantitative estimate of drug-likeness (QED) is 0.893. The molecule has 0 aromatic heterocycles. The molecular weight excluding hydrogens is 234 g/mol. The van der Waals surface area contributed by atoms with Crippen molar-refractivity contribution in [2.24, 2.45) is 0 Å². The molecule has 1 heterocycles. The van der Waals surface area contributed by atoms with Crippen LogP contribution in [0.25, 0.3) is 0 Å². The van der Waals surface area contributed by atoms with Gasteiger partial charge in [0.2, 0.25) is 0 Å². The van der Waals surface area contributed by atoms with E-state index in [1.54, 1.807) is 0 Å². The highest BCUT2D eigenvalue weighted by Gasteiger charge is 2.24. The summed E-state index contributed by atoms with van der Waals surface area (Å²) in [6.07, 6.45) is 2.71. The summed E-state index contributed by atoms with van der Waals surface area (Å²) in [5.41, 5.74) is 2.88. The van der Waals surface area contributed by atoms with Gasteiger partial charge in [-0.1, -0.05) is 18.2 Å². The van der Waals surface area contributed by atoms with E-state index in [4.69, 9.17) is 0 Å². The maximum Gasteiger partial charge on any atom is 0.0415 e. The number of hydrogen-bond donors (Lipinski definition) is 1. The van der Waals surface area contributed by atoms with Crippen molar-refractivity contribution in [3.05, 3.63) is 29.8 Å². The van der Waals surface area contributed by atoms with Gasteiger partial charge >= 0.3 is 0 Å². The summed E-state index contributed by atoms with van der Waals surface area (Å²) < 4.78 is 0. The summed E-state index contributed by atoms with van der Waals surface area (Å²) in [6, 6.07) is 10.3. The predicted molar refractivity (Wildman–Crippen MR) is 80.6 cm³/mol. The number of piperazine rings is 1. The Morgan fingerprint density at radius 2 is 2.00 bits per heavy atom. The van der Waals surface area contributed by atoms with E-state index in [1.165, 1.54) is 24.1 Å². The van der Waals surface area contributed by atoms with Gasteiger partial charge in [-0.25, -0.2) is 0 Å². The second-order valence-corrected chi connectivity index (χ2v) is 6.09. The molecule has 0 amide bonds. The maximum absolute atomic E-state index is 3.64. The molecule has 0 radical (unpaired) electrons. The van der Waals surface area contributed by atoms with Crippen LogP contribution in [0, 0.1) is 0 Å². The minimum absolute atomic E-state index is 0.598. The molecule has 1 saturated heterocycles. The van der Waals surface area contributed by atoms with Crippen molar-refractivity contribution in [3.63, 3.8) is 0 Å². The molecule has 2 fully saturated rings. The second kappa shape index (κ2) is 5.51. The molecular formula is C16H25N3. The van der Waals surface area contributed by atoms with Crippen molar-refractivity contribution < 1.29 is 0 Å². The SMILES string of the molecule is CC1CN(C)CCN1c1ccccc1CNC1CC1. The van der Waals surface area contributed by atoms with Crippen LogP contribution in [0.2, 0.25) is 0 Å². The lowest BCUT2D eigenvalue weighted by Gasteiger charge is -2.40. The van der Waals surface area contributed by atoms with Crippen LogP contribution >= 0.6 is 0 Å². The Morgan fingerprint density at radius 1 is 1.21 bits per heavy atom. The van der Waals surface area contributed by atoms with Crippen molar-refractivity contribution in [2.75, 3.05) is 31.6 Å². The van der Waals surface area contributed by atoms with E-state index in [9.17, 15) is 0 Å². The molecule has 1 atom stereocenters. The summed E-state index contributed by atoms with van der Waals surface area (Å²) in [5.74, 6) is 0. The molecule has 1 aromatic carbocycles. The van der Waals surface area contributed by atoms with Gasteiger partial charge in [-0.05, 0) is 38.4 Å². The summed E-state index contributed by atoms with van der Waals surface area (Å²) in [6.45, 7) is 6.80. The number of rotatable bonds is 4. The average molecular weight is 259 g/mol. The van der Waals surface area contributed by atoms with Crippen LogP contribution in [0.1, 0.15) is 25.3 Å². The van der Waals surface area contributed by atoms with E-state index in [1.807, 2.05) is 0 Å². The number of hydrogen-bond acceptors (Lipinski definition) is 3. The number of nitrogens with one attached hydrogen (secondary N) is 1. The van der Waals surface area contributed by atoms with Crippen LogP contribution < -0.4 is 10.2 Å². The zero-order valence-corrected chi connectivity index (χ0v) is 12.1. The first-order valence-electron chi connectivity index (χ1n) is 7.50. The summed E-state index contributed by atoms with van der Waals surface area (Å²) in [5, 5.41) is 3.64. The first-order chi connectivity index (χ1) is 9.24. The van der Waals surface area contributed by atoms with Gasteiger partial charge in [0.1, 0.15) is 0 Å². The normalized spacial score (nSPS) is 24.7. The highest BCUT2D eigenvalue weighted by Crippen LogP contribution is 2.26. The minimum Gasteiger partial charge on any atom is -0.366 e. The molecule has 1 unspecified atom stereocenters. The van der Waals surface area contributed by atoms with Gasteiger partial charge in [-0.15, -0.1) is 0 Å². The Labute approximate surface area is 116 Å². The Morgan fingerprint density at radius 3 is 2.74 bits per heavy atom. The Hall–Kier alpha value is -1.06. The fourth-order valence-electron chi connectivity index (χ4n) is 2.98. The van der Waals surface area contributed by atoms with Crippen molar-refractivity contribution >= 4 is 5.69 Å². The van der Waals surface area contributed by atoms with Crippen LogP contribution in [0.3, 0.4) is 0 Å². The van der Waals surface area contributed by atoms with E-state index in [0.717, 1.165) is 32.2 Å². The lowest BCUT2D eigenvalue weighted by Crippen LogP contribution is -2.50. The highest BCUT2D eigenvalue weighted by atomic mass is 15.3. The van der Waals surface area contributed by atoms with Crippen molar-refractivity contribution in [1.82, 2.24) is 10.2 Å². The molecule has 2 aliphatic rings. The van der Waals surface area contributed by atoms with Crippen LogP contribution in [-0.4, -0.2) is 43.7 Å². The van der Waals surface area contributed by atoms with Crippen LogP contribution in [0.15, 0.2) is 24.3 Å². The third-order valence-electron chi connectivity index (χ3n) is 4.29. The van der Waals surface area contributed by atoms with Crippen LogP contribution in [-0.2, 0) is 6.54 Å². The van der Waals surface area contributed by atoms with E-state index >= 15 is 0 Å².